The van der Waals surface area contributed by atoms with Crippen LogP contribution in [0.5, 0.6) is 0 Å². The number of nitrogens with one attached hydrogen (secondary N) is 1. The van der Waals surface area contributed by atoms with E-state index in [9.17, 15) is 18.0 Å². The molecular weight excluding hydrogens is 341 g/mol. The molecule has 1 amide bonds. The van der Waals surface area contributed by atoms with Gasteiger partial charge in [0.1, 0.15) is 0 Å². The Labute approximate surface area is 148 Å². The molecule has 3 aromatic rings. The van der Waals surface area contributed by atoms with Crippen molar-refractivity contribution in [1.29, 1.82) is 0 Å². The van der Waals surface area contributed by atoms with Gasteiger partial charge in [0, 0.05) is 16.9 Å². The highest BCUT2D eigenvalue weighted by Gasteiger charge is 2.30. The minimum atomic E-state index is -4.40. The van der Waals surface area contributed by atoms with Crippen LogP contribution in [0.3, 0.4) is 0 Å². The molecule has 0 saturated carbocycles. The fourth-order valence-corrected chi connectivity index (χ4v) is 2.59. The zero-order valence-electron chi connectivity index (χ0n) is 13.5. The molecule has 0 bridgehead atoms. The molecule has 0 aliphatic heterocycles. The Morgan fingerprint density at radius 2 is 1.58 bits per heavy atom. The molecule has 0 fully saturated rings. The smallest absolute Gasteiger partial charge is 0.399 e. The van der Waals surface area contributed by atoms with Crippen molar-refractivity contribution in [2.24, 2.45) is 0 Å². The van der Waals surface area contributed by atoms with Gasteiger partial charge in [0.25, 0.3) is 5.91 Å². The Kier molecular flexibility index (Phi) is 4.67. The average molecular weight is 356 g/mol. The quantitative estimate of drug-likeness (QED) is 0.633. The van der Waals surface area contributed by atoms with Gasteiger partial charge in [0.15, 0.2) is 0 Å². The first-order valence-electron chi connectivity index (χ1n) is 7.78. The van der Waals surface area contributed by atoms with E-state index in [1.165, 1.54) is 12.1 Å². The number of hydrogen-bond donors (Lipinski definition) is 2. The molecule has 0 spiro atoms. The Bertz CT molecular complexity index is 934. The van der Waals surface area contributed by atoms with Crippen LogP contribution in [0.2, 0.25) is 0 Å². The highest BCUT2D eigenvalue weighted by atomic mass is 19.4. The molecule has 26 heavy (non-hydrogen) atoms. The topological polar surface area (TPSA) is 55.1 Å². The lowest BCUT2D eigenvalue weighted by atomic mass is 9.98. The van der Waals surface area contributed by atoms with Crippen LogP contribution < -0.4 is 11.1 Å². The van der Waals surface area contributed by atoms with Crippen molar-refractivity contribution >= 4 is 17.3 Å². The Balaban J connectivity index is 1.92. The maximum Gasteiger partial charge on any atom is 0.416 e. The van der Waals surface area contributed by atoms with Crippen LogP contribution in [-0.4, -0.2) is 5.91 Å². The number of nitrogen functional groups attached to an aromatic ring is 1. The summed E-state index contributed by atoms with van der Waals surface area (Å²) in [6, 6.07) is 18.2. The average Bonchev–Trinajstić information content (AvgIpc) is 2.61. The van der Waals surface area contributed by atoms with Crippen LogP contribution in [0.25, 0.3) is 11.1 Å². The van der Waals surface area contributed by atoms with Gasteiger partial charge in [-0.3, -0.25) is 4.79 Å². The molecule has 0 heterocycles. The predicted molar refractivity (Wildman–Crippen MR) is 95.7 cm³/mol. The van der Waals surface area contributed by atoms with Crippen molar-refractivity contribution in [3.05, 3.63) is 83.9 Å². The fourth-order valence-electron chi connectivity index (χ4n) is 2.59. The molecule has 0 saturated heterocycles. The first-order valence-corrected chi connectivity index (χ1v) is 7.78. The molecule has 0 aliphatic rings. The third-order valence-electron chi connectivity index (χ3n) is 3.84. The minimum absolute atomic E-state index is 0.356. The highest BCUT2D eigenvalue weighted by molar-refractivity contribution is 6.08. The first-order chi connectivity index (χ1) is 12.3. The maximum atomic E-state index is 12.7. The number of nitrogens with two attached hydrogens (primary N) is 1. The largest absolute Gasteiger partial charge is 0.416 e. The number of carbonyl (C=O) groups is 1. The molecule has 0 aliphatic carbocycles. The summed E-state index contributed by atoms with van der Waals surface area (Å²) in [6.07, 6.45) is -4.40. The van der Waals surface area contributed by atoms with Gasteiger partial charge in [0.2, 0.25) is 0 Å². The number of halogens is 3. The van der Waals surface area contributed by atoms with Gasteiger partial charge >= 0.3 is 6.18 Å². The zero-order chi connectivity index (χ0) is 18.7. The molecule has 0 aromatic heterocycles. The zero-order valence-corrected chi connectivity index (χ0v) is 13.5. The first kappa shape index (κ1) is 17.5. The van der Waals surface area contributed by atoms with E-state index in [2.05, 4.69) is 5.32 Å². The van der Waals surface area contributed by atoms with Crippen molar-refractivity contribution in [1.82, 2.24) is 0 Å². The number of benzene rings is 3. The molecular formula is C20H15F3N2O. The van der Waals surface area contributed by atoms with Crippen LogP contribution in [-0.2, 0) is 6.18 Å². The molecule has 0 radical (unpaired) electrons. The van der Waals surface area contributed by atoms with Crippen molar-refractivity contribution in [2.75, 3.05) is 11.1 Å². The van der Waals surface area contributed by atoms with Crippen molar-refractivity contribution in [3.63, 3.8) is 0 Å². The van der Waals surface area contributed by atoms with Gasteiger partial charge in [-0.2, -0.15) is 13.2 Å². The SMILES string of the molecule is Nc1cccc(NC(=O)c2ccccc2-c2ccc(C(F)(F)F)cc2)c1. The van der Waals surface area contributed by atoms with E-state index in [1.54, 1.807) is 48.5 Å². The number of rotatable bonds is 3. The fraction of sp³-hybridized carbons (Fsp3) is 0.0500. The maximum absolute atomic E-state index is 12.7. The van der Waals surface area contributed by atoms with Crippen LogP contribution in [0.4, 0.5) is 24.5 Å². The molecule has 132 valence electrons. The number of alkyl halides is 3. The van der Waals surface area contributed by atoms with Gasteiger partial charge in [-0.15, -0.1) is 0 Å². The van der Waals surface area contributed by atoms with E-state index in [0.29, 0.717) is 28.1 Å². The Hall–Kier alpha value is -3.28. The molecule has 0 unspecified atom stereocenters. The van der Waals surface area contributed by atoms with E-state index in [0.717, 1.165) is 12.1 Å². The van der Waals surface area contributed by atoms with Gasteiger partial charge in [0.05, 0.1) is 5.56 Å². The number of anilines is 2. The third-order valence-corrected chi connectivity index (χ3v) is 3.84. The molecule has 3 aromatic carbocycles. The summed E-state index contributed by atoms with van der Waals surface area (Å²) in [5, 5.41) is 2.75. The molecule has 3 N–H and O–H groups in total. The Morgan fingerprint density at radius 3 is 2.23 bits per heavy atom. The highest BCUT2D eigenvalue weighted by Crippen LogP contribution is 2.32. The Morgan fingerprint density at radius 1 is 0.885 bits per heavy atom. The van der Waals surface area contributed by atoms with E-state index in [-0.39, 0.29) is 5.91 Å². The summed E-state index contributed by atoms with van der Waals surface area (Å²) in [7, 11) is 0. The van der Waals surface area contributed by atoms with Crippen LogP contribution in [0.1, 0.15) is 15.9 Å². The monoisotopic (exact) mass is 356 g/mol. The molecule has 3 nitrogen and oxygen atoms in total. The van der Waals surface area contributed by atoms with E-state index in [4.69, 9.17) is 5.73 Å². The number of amides is 1. The summed E-state index contributed by atoms with van der Waals surface area (Å²) in [5.41, 5.74) is 7.44. The van der Waals surface area contributed by atoms with Crippen LogP contribution >= 0.6 is 0 Å². The van der Waals surface area contributed by atoms with Crippen molar-refractivity contribution < 1.29 is 18.0 Å². The lowest BCUT2D eigenvalue weighted by Gasteiger charge is -2.12. The van der Waals surface area contributed by atoms with Crippen LogP contribution in [0.15, 0.2) is 72.8 Å². The minimum Gasteiger partial charge on any atom is -0.399 e. The van der Waals surface area contributed by atoms with Gasteiger partial charge in [-0.25, -0.2) is 0 Å². The van der Waals surface area contributed by atoms with Crippen molar-refractivity contribution in [2.45, 2.75) is 6.18 Å². The summed E-state index contributed by atoms with van der Waals surface area (Å²) in [4.78, 5) is 12.6. The summed E-state index contributed by atoms with van der Waals surface area (Å²) >= 11 is 0. The van der Waals surface area contributed by atoms with Gasteiger partial charge in [-0.05, 0) is 47.5 Å². The summed E-state index contributed by atoms with van der Waals surface area (Å²) in [6.45, 7) is 0. The second-order valence-corrected chi connectivity index (χ2v) is 5.70. The second-order valence-electron chi connectivity index (χ2n) is 5.70. The lowest BCUT2D eigenvalue weighted by Crippen LogP contribution is -2.13. The summed E-state index contributed by atoms with van der Waals surface area (Å²) < 4.78 is 38.2. The van der Waals surface area contributed by atoms with Gasteiger partial charge in [-0.1, -0.05) is 36.4 Å². The second kappa shape index (κ2) is 6.92. The lowest BCUT2D eigenvalue weighted by molar-refractivity contribution is -0.137. The van der Waals surface area contributed by atoms with Crippen LogP contribution in [0, 0.1) is 0 Å². The number of carbonyl (C=O) groups excluding carboxylic acids is 1. The molecule has 0 atom stereocenters. The van der Waals surface area contributed by atoms with Gasteiger partial charge < -0.3 is 11.1 Å². The normalized spacial score (nSPS) is 11.2. The standard InChI is InChI=1S/C20H15F3N2O/c21-20(22,23)14-10-8-13(9-11-14)17-6-1-2-7-18(17)19(26)25-16-5-3-4-15(24)12-16/h1-12H,24H2,(H,25,26). The molecule has 6 heteroatoms. The third kappa shape index (κ3) is 3.85. The van der Waals surface area contributed by atoms with E-state index < -0.39 is 11.7 Å². The van der Waals surface area contributed by atoms with E-state index in [1.807, 2.05) is 0 Å². The number of hydrogen-bond acceptors (Lipinski definition) is 2. The van der Waals surface area contributed by atoms with Crippen molar-refractivity contribution in [3.8, 4) is 11.1 Å². The predicted octanol–water partition coefficient (Wildman–Crippen LogP) is 5.21. The summed E-state index contributed by atoms with van der Waals surface area (Å²) in [5.74, 6) is -0.369. The molecule has 3 rings (SSSR count). The van der Waals surface area contributed by atoms with E-state index >= 15 is 0 Å².